The fourth-order valence-electron chi connectivity index (χ4n) is 4.85. The zero-order valence-corrected chi connectivity index (χ0v) is 20.7. The van der Waals surface area contributed by atoms with Crippen molar-refractivity contribution >= 4 is 34.4 Å². The van der Waals surface area contributed by atoms with E-state index in [1.165, 1.54) is 6.20 Å². The number of hydrogen-bond donors (Lipinski definition) is 4. The third kappa shape index (κ3) is 6.22. The second-order valence-electron chi connectivity index (χ2n) is 9.37. The Labute approximate surface area is 208 Å². The molecule has 36 heavy (non-hydrogen) atoms. The van der Waals surface area contributed by atoms with Crippen LogP contribution in [0.5, 0.6) is 0 Å². The van der Waals surface area contributed by atoms with Gasteiger partial charge in [-0.3, -0.25) is 14.4 Å². The smallest absolute Gasteiger partial charge is 0.326 e. The lowest BCUT2D eigenvalue weighted by Crippen LogP contribution is -2.42. The van der Waals surface area contributed by atoms with Crippen molar-refractivity contribution < 1.29 is 29.0 Å². The van der Waals surface area contributed by atoms with E-state index in [0.29, 0.717) is 24.0 Å². The van der Waals surface area contributed by atoms with Gasteiger partial charge in [0.2, 0.25) is 5.43 Å². The van der Waals surface area contributed by atoms with E-state index in [-0.39, 0.29) is 29.5 Å². The highest BCUT2D eigenvalue weighted by atomic mass is 19.1. The summed E-state index contributed by atoms with van der Waals surface area (Å²) < 4.78 is 16.9. The second kappa shape index (κ2) is 12.0. The van der Waals surface area contributed by atoms with E-state index in [1.54, 1.807) is 10.6 Å². The van der Waals surface area contributed by atoms with E-state index >= 15 is 4.39 Å². The van der Waals surface area contributed by atoms with Crippen LogP contribution in [0.15, 0.2) is 23.1 Å². The van der Waals surface area contributed by atoms with Gasteiger partial charge < -0.3 is 25.4 Å². The number of anilines is 1. The number of nitrogens with one attached hydrogen (secondary N) is 2. The summed E-state index contributed by atoms with van der Waals surface area (Å²) in [6.07, 6.45) is 7.19. The second-order valence-corrected chi connectivity index (χ2v) is 9.37. The Morgan fingerprint density at radius 3 is 2.36 bits per heavy atom. The highest BCUT2D eigenvalue weighted by Crippen LogP contribution is 2.29. The highest BCUT2D eigenvalue weighted by Gasteiger charge is 2.26. The monoisotopic (exact) mass is 503 g/mol. The van der Waals surface area contributed by atoms with Gasteiger partial charge >= 0.3 is 11.9 Å². The van der Waals surface area contributed by atoms with Gasteiger partial charge in [0.1, 0.15) is 17.4 Å². The predicted molar refractivity (Wildman–Crippen MR) is 134 cm³/mol. The third-order valence-electron chi connectivity index (χ3n) is 6.92. The minimum absolute atomic E-state index is 0.0265. The number of hydrogen-bond acceptors (Lipinski definition) is 5. The van der Waals surface area contributed by atoms with Crippen LogP contribution in [0.4, 0.5) is 10.1 Å². The van der Waals surface area contributed by atoms with Gasteiger partial charge in [-0.05, 0) is 44.2 Å². The molecule has 1 saturated carbocycles. The first-order valence-electron chi connectivity index (χ1n) is 12.6. The molecule has 0 saturated heterocycles. The largest absolute Gasteiger partial charge is 0.481 e. The zero-order valence-electron chi connectivity index (χ0n) is 20.7. The van der Waals surface area contributed by atoms with E-state index in [1.807, 2.05) is 13.8 Å². The van der Waals surface area contributed by atoms with Crippen LogP contribution in [0.1, 0.15) is 88.0 Å². The number of fused-ring (bicyclic) bond motifs is 1. The molecule has 0 aliphatic heterocycles. The molecule has 1 unspecified atom stereocenters. The van der Waals surface area contributed by atoms with Gasteiger partial charge in [-0.1, -0.05) is 33.1 Å². The molecule has 1 aromatic heterocycles. The van der Waals surface area contributed by atoms with Crippen LogP contribution in [0.3, 0.4) is 0 Å². The molecular formula is C26H34FN3O6. The van der Waals surface area contributed by atoms with Crippen molar-refractivity contribution in [3.05, 3.63) is 39.9 Å². The number of carbonyl (C=O) groups excluding carboxylic acids is 1. The summed E-state index contributed by atoms with van der Waals surface area (Å²) in [6.45, 7) is 3.93. The van der Waals surface area contributed by atoms with Gasteiger partial charge in [-0.2, -0.15) is 0 Å². The zero-order chi connectivity index (χ0) is 26.4. The number of aliphatic carboxylic acids is 2. The van der Waals surface area contributed by atoms with Crippen molar-refractivity contribution in [1.29, 1.82) is 0 Å². The average molecular weight is 504 g/mol. The average Bonchev–Trinajstić information content (AvgIpc) is 2.84. The van der Waals surface area contributed by atoms with Gasteiger partial charge in [-0.25, -0.2) is 9.18 Å². The summed E-state index contributed by atoms with van der Waals surface area (Å²) in [7, 11) is 0. The number of carboxylic acids is 2. The van der Waals surface area contributed by atoms with Gasteiger partial charge in [0, 0.05) is 30.1 Å². The van der Waals surface area contributed by atoms with Crippen molar-refractivity contribution in [3.63, 3.8) is 0 Å². The first kappa shape index (κ1) is 27.2. The summed E-state index contributed by atoms with van der Waals surface area (Å²) in [5.74, 6) is -4.14. The predicted octanol–water partition coefficient (Wildman–Crippen LogP) is 4.29. The van der Waals surface area contributed by atoms with Crippen molar-refractivity contribution in [3.8, 4) is 0 Å². The van der Waals surface area contributed by atoms with Crippen LogP contribution in [-0.2, 0) is 9.59 Å². The van der Waals surface area contributed by atoms with Crippen molar-refractivity contribution in [2.75, 3.05) is 5.32 Å². The Morgan fingerprint density at radius 1 is 1.11 bits per heavy atom. The summed E-state index contributed by atoms with van der Waals surface area (Å²) in [5, 5.41) is 23.8. The maximum atomic E-state index is 15.1. The molecule has 1 fully saturated rings. The van der Waals surface area contributed by atoms with E-state index in [0.717, 1.165) is 38.2 Å². The number of carboxylic acid groups (broad SMARTS) is 2. The number of aromatic nitrogens is 1. The van der Waals surface area contributed by atoms with E-state index in [2.05, 4.69) is 10.6 Å². The van der Waals surface area contributed by atoms with Crippen LogP contribution < -0.4 is 16.1 Å². The summed E-state index contributed by atoms with van der Waals surface area (Å²) in [6, 6.07) is 1.34. The summed E-state index contributed by atoms with van der Waals surface area (Å²) in [5.41, 5.74) is -0.227. The minimum Gasteiger partial charge on any atom is -0.481 e. The van der Waals surface area contributed by atoms with Crippen LogP contribution >= 0.6 is 0 Å². The van der Waals surface area contributed by atoms with Crippen molar-refractivity contribution in [2.45, 2.75) is 89.8 Å². The molecule has 3 rings (SSSR count). The summed E-state index contributed by atoms with van der Waals surface area (Å²) in [4.78, 5) is 48.7. The molecule has 1 aliphatic rings. The van der Waals surface area contributed by atoms with E-state index < -0.39 is 41.6 Å². The molecule has 1 aromatic carbocycles. The highest BCUT2D eigenvalue weighted by molar-refractivity contribution is 5.99. The first-order valence-corrected chi connectivity index (χ1v) is 12.6. The molecule has 9 nitrogen and oxygen atoms in total. The molecule has 2 aromatic rings. The number of amides is 1. The lowest BCUT2D eigenvalue weighted by atomic mass is 9.95. The SMILES string of the molecule is CCC(CC)n1cc(C(=O)NC(CCC(=O)O)C(=O)O)c(=O)c2cc(F)c(NC3CCCCC3)cc21. The molecule has 10 heteroatoms. The number of halogens is 1. The Kier molecular flexibility index (Phi) is 9.06. The first-order chi connectivity index (χ1) is 17.2. The molecule has 1 aliphatic carbocycles. The van der Waals surface area contributed by atoms with E-state index in [4.69, 9.17) is 5.11 Å². The van der Waals surface area contributed by atoms with E-state index in [9.17, 15) is 24.3 Å². The molecule has 1 atom stereocenters. The van der Waals surface area contributed by atoms with Gasteiger partial charge in [0.15, 0.2) is 0 Å². The van der Waals surface area contributed by atoms with Gasteiger partial charge in [0.05, 0.1) is 11.2 Å². The molecule has 0 bridgehead atoms. The number of pyridine rings is 1. The number of benzene rings is 1. The lowest BCUT2D eigenvalue weighted by molar-refractivity contribution is -0.140. The lowest BCUT2D eigenvalue weighted by Gasteiger charge is -2.26. The molecule has 196 valence electrons. The molecule has 4 N–H and O–H groups in total. The fourth-order valence-corrected chi connectivity index (χ4v) is 4.85. The standard InChI is InChI=1S/C26H34FN3O6/c1-3-16(4-2)30-14-18(25(34)29-20(26(35)36)10-11-23(31)32)24(33)17-12-19(27)21(13-22(17)30)28-15-8-6-5-7-9-15/h12-16,20,28H,3-11H2,1-2H3,(H,29,34)(H,31,32)(H,35,36). The molecule has 1 amide bonds. The number of nitrogens with zero attached hydrogens (tertiary/aromatic N) is 1. The Balaban J connectivity index is 2.06. The van der Waals surface area contributed by atoms with Crippen LogP contribution in [0, 0.1) is 5.82 Å². The van der Waals surface area contributed by atoms with Crippen LogP contribution in [0.2, 0.25) is 0 Å². The molecule has 0 spiro atoms. The maximum Gasteiger partial charge on any atom is 0.326 e. The van der Waals surface area contributed by atoms with Crippen LogP contribution in [0.25, 0.3) is 10.9 Å². The topological polar surface area (TPSA) is 138 Å². The minimum atomic E-state index is -1.48. The fraction of sp³-hybridized carbons (Fsp3) is 0.538. The van der Waals surface area contributed by atoms with Crippen molar-refractivity contribution in [2.24, 2.45) is 0 Å². The van der Waals surface area contributed by atoms with Crippen molar-refractivity contribution in [1.82, 2.24) is 9.88 Å². The Morgan fingerprint density at radius 2 is 1.78 bits per heavy atom. The number of rotatable bonds is 11. The summed E-state index contributed by atoms with van der Waals surface area (Å²) >= 11 is 0. The maximum absolute atomic E-state index is 15.1. The van der Waals surface area contributed by atoms with Gasteiger partial charge in [0.25, 0.3) is 5.91 Å². The van der Waals surface area contributed by atoms with Crippen LogP contribution in [-0.4, -0.2) is 44.7 Å². The normalized spacial score (nSPS) is 15.1. The van der Waals surface area contributed by atoms with Gasteiger partial charge in [-0.15, -0.1) is 0 Å². The molecule has 1 heterocycles. The Hall–Kier alpha value is -3.43. The molecule has 0 radical (unpaired) electrons. The number of carbonyl (C=O) groups is 3. The quantitative estimate of drug-likeness (QED) is 0.359. The Bertz CT molecular complexity index is 1180. The third-order valence-corrected chi connectivity index (χ3v) is 6.92. The molecular weight excluding hydrogens is 469 g/mol.